The van der Waals surface area contributed by atoms with Crippen LogP contribution in [0.5, 0.6) is 0 Å². The predicted molar refractivity (Wildman–Crippen MR) is 81.8 cm³/mol. The number of nitrogens with one attached hydrogen (secondary N) is 1. The zero-order chi connectivity index (χ0) is 15.3. The Morgan fingerprint density at radius 3 is 2.60 bits per heavy atom. The van der Waals surface area contributed by atoms with Gasteiger partial charge in [0.2, 0.25) is 5.91 Å². The summed E-state index contributed by atoms with van der Waals surface area (Å²) in [5.74, 6) is -0.940. The van der Waals surface area contributed by atoms with Crippen LogP contribution in [0, 0.1) is 6.92 Å². The molecule has 6 nitrogen and oxygen atoms in total. The number of nitrogens with two attached hydrogens (primary N) is 1. The van der Waals surface area contributed by atoms with Crippen LogP contribution in [0.2, 0.25) is 0 Å². The van der Waals surface area contributed by atoms with Crippen LogP contribution in [0.1, 0.15) is 5.56 Å². The Hall–Kier alpha value is -1.41. The molecule has 0 aliphatic carbocycles. The molecule has 1 rings (SSSR count). The van der Waals surface area contributed by atoms with Crippen LogP contribution in [-0.2, 0) is 25.4 Å². The Bertz CT molecular complexity index is 626. The van der Waals surface area contributed by atoms with E-state index in [2.05, 4.69) is 5.32 Å². The number of amides is 1. The second kappa shape index (κ2) is 6.85. The molecule has 0 heterocycles. The number of hydrogen-bond acceptors (Lipinski definition) is 5. The van der Waals surface area contributed by atoms with E-state index in [-0.39, 0.29) is 17.3 Å². The largest absolute Gasteiger partial charge is 0.397 e. The van der Waals surface area contributed by atoms with Gasteiger partial charge in [-0.1, -0.05) is 6.07 Å². The van der Waals surface area contributed by atoms with E-state index in [0.29, 0.717) is 11.4 Å². The summed E-state index contributed by atoms with van der Waals surface area (Å²) in [4.78, 5) is 11.7. The summed E-state index contributed by atoms with van der Waals surface area (Å²) in [6.45, 7) is 1.88. The van der Waals surface area contributed by atoms with Gasteiger partial charge in [0.05, 0.1) is 17.1 Å². The van der Waals surface area contributed by atoms with Crippen LogP contribution >= 0.6 is 0 Å². The molecule has 1 aromatic carbocycles. The summed E-state index contributed by atoms with van der Waals surface area (Å²) in [6.07, 6.45) is 1.07. The molecule has 0 aliphatic rings. The van der Waals surface area contributed by atoms with Crippen LogP contribution in [0.15, 0.2) is 18.2 Å². The molecule has 0 spiro atoms. The normalized spacial score (nSPS) is 12.9. The van der Waals surface area contributed by atoms with Gasteiger partial charge in [-0.15, -0.1) is 0 Å². The summed E-state index contributed by atoms with van der Waals surface area (Å²) in [5, 5.41) is 2.56. The highest BCUT2D eigenvalue weighted by atomic mass is 32.2. The number of hydrogen-bond donors (Lipinski definition) is 2. The van der Waals surface area contributed by atoms with Crippen molar-refractivity contribution in [2.24, 2.45) is 0 Å². The number of sulfone groups is 1. The number of aryl methyl sites for hydroxylation is 1. The molecule has 1 atom stereocenters. The molecule has 0 bridgehead atoms. The maximum absolute atomic E-state index is 11.7. The van der Waals surface area contributed by atoms with Gasteiger partial charge in [-0.05, 0) is 24.6 Å². The lowest BCUT2D eigenvalue weighted by atomic mass is 10.2. The minimum Gasteiger partial charge on any atom is -0.397 e. The van der Waals surface area contributed by atoms with Gasteiger partial charge in [-0.25, -0.2) is 8.42 Å². The van der Waals surface area contributed by atoms with Gasteiger partial charge in [-0.3, -0.25) is 9.00 Å². The number of carbonyl (C=O) groups excluding carboxylic acids is 1. The van der Waals surface area contributed by atoms with Crippen molar-refractivity contribution in [3.8, 4) is 0 Å². The second-order valence-electron chi connectivity index (χ2n) is 4.56. The third-order valence-corrected chi connectivity index (χ3v) is 4.90. The van der Waals surface area contributed by atoms with Gasteiger partial charge >= 0.3 is 0 Å². The lowest BCUT2D eigenvalue weighted by Crippen LogP contribution is -2.23. The first-order chi connectivity index (χ1) is 9.17. The first-order valence-electron chi connectivity index (χ1n) is 5.86. The van der Waals surface area contributed by atoms with Crippen LogP contribution in [0.4, 0.5) is 11.4 Å². The van der Waals surface area contributed by atoms with E-state index in [1.165, 1.54) is 0 Å². The molecule has 112 valence electrons. The summed E-state index contributed by atoms with van der Waals surface area (Å²) in [6, 6.07) is 5.19. The van der Waals surface area contributed by atoms with E-state index in [0.717, 1.165) is 11.8 Å². The molecule has 1 unspecified atom stereocenters. The van der Waals surface area contributed by atoms with Gasteiger partial charge in [0.15, 0.2) is 0 Å². The summed E-state index contributed by atoms with van der Waals surface area (Å²) in [7, 11) is -4.68. The van der Waals surface area contributed by atoms with E-state index in [9.17, 15) is 17.4 Å². The molecule has 0 saturated carbocycles. The van der Waals surface area contributed by atoms with Gasteiger partial charge in [0.1, 0.15) is 15.6 Å². The maximum atomic E-state index is 11.7. The van der Waals surface area contributed by atoms with Crippen molar-refractivity contribution >= 4 is 37.9 Å². The molecule has 1 amide bonds. The zero-order valence-corrected chi connectivity index (χ0v) is 13.0. The SMILES string of the molecule is Cc1ccc(NC(=O)CS(=O)CCS(C)(=O)=O)c(N)c1. The minimum atomic E-state index is -3.17. The fourth-order valence-electron chi connectivity index (χ4n) is 1.44. The van der Waals surface area contributed by atoms with Gasteiger partial charge in [0, 0.05) is 22.8 Å². The first kappa shape index (κ1) is 16.6. The fraction of sp³-hybridized carbons (Fsp3) is 0.417. The topological polar surface area (TPSA) is 106 Å². The third kappa shape index (κ3) is 6.16. The zero-order valence-electron chi connectivity index (χ0n) is 11.4. The Morgan fingerprint density at radius 2 is 2.05 bits per heavy atom. The van der Waals surface area contributed by atoms with Crippen molar-refractivity contribution in [3.05, 3.63) is 23.8 Å². The molecule has 0 aliphatic heterocycles. The van der Waals surface area contributed by atoms with Crippen LogP contribution in [-0.4, -0.2) is 42.0 Å². The lowest BCUT2D eigenvalue weighted by Gasteiger charge is -2.08. The van der Waals surface area contributed by atoms with Crippen LogP contribution in [0.25, 0.3) is 0 Å². The van der Waals surface area contributed by atoms with Gasteiger partial charge in [0.25, 0.3) is 0 Å². The minimum absolute atomic E-state index is 0.0460. The van der Waals surface area contributed by atoms with E-state index < -0.39 is 26.5 Å². The molecule has 20 heavy (non-hydrogen) atoms. The molecular weight excluding hydrogens is 300 g/mol. The van der Waals surface area contributed by atoms with E-state index >= 15 is 0 Å². The highest BCUT2D eigenvalue weighted by Crippen LogP contribution is 2.19. The van der Waals surface area contributed by atoms with Crippen molar-refractivity contribution < 1.29 is 17.4 Å². The van der Waals surface area contributed by atoms with Crippen molar-refractivity contribution in [2.45, 2.75) is 6.92 Å². The Morgan fingerprint density at radius 1 is 1.40 bits per heavy atom. The van der Waals surface area contributed by atoms with Crippen molar-refractivity contribution in [1.29, 1.82) is 0 Å². The van der Waals surface area contributed by atoms with E-state index in [1.54, 1.807) is 18.2 Å². The molecule has 0 radical (unpaired) electrons. The third-order valence-electron chi connectivity index (χ3n) is 2.46. The van der Waals surface area contributed by atoms with Crippen LogP contribution in [0.3, 0.4) is 0 Å². The molecule has 0 fully saturated rings. The number of carbonyl (C=O) groups is 1. The quantitative estimate of drug-likeness (QED) is 0.734. The lowest BCUT2D eigenvalue weighted by molar-refractivity contribution is -0.113. The average molecular weight is 318 g/mol. The molecule has 1 aromatic rings. The standard InChI is InChI=1S/C12H18N2O4S2/c1-9-3-4-11(10(13)7-9)14-12(15)8-19(16)5-6-20(2,17)18/h3-4,7H,5-6,8,13H2,1-2H3,(H,14,15). The number of benzene rings is 1. The second-order valence-corrected chi connectivity index (χ2v) is 8.39. The first-order valence-corrected chi connectivity index (χ1v) is 9.41. The maximum Gasteiger partial charge on any atom is 0.237 e. The van der Waals surface area contributed by atoms with Crippen molar-refractivity contribution in [2.75, 3.05) is 34.6 Å². The number of nitrogen functional groups attached to an aromatic ring is 1. The van der Waals surface area contributed by atoms with E-state index in [1.807, 2.05) is 6.92 Å². The highest BCUT2D eigenvalue weighted by Gasteiger charge is 2.12. The summed E-state index contributed by atoms with van der Waals surface area (Å²) >= 11 is 0. The average Bonchev–Trinajstić information content (AvgIpc) is 2.29. The van der Waals surface area contributed by atoms with Crippen molar-refractivity contribution in [1.82, 2.24) is 0 Å². The van der Waals surface area contributed by atoms with E-state index in [4.69, 9.17) is 5.73 Å². The van der Waals surface area contributed by atoms with Crippen LogP contribution < -0.4 is 11.1 Å². The fourth-order valence-corrected chi connectivity index (χ4v) is 3.91. The number of anilines is 2. The van der Waals surface area contributed by atoms with Crippen molar-refractivity contribution in [3.63, 3.8) is 0 Å². The Labute approximate surface area is 121 Å². The summed E-state index contributed by atoms with van der Waals surface area (Å²) < 4.78 is 33.5. The molecule has 0 aromatic heterocycles. The molecular formula is C12H18N2O4S2. The monoisotopic (exact) mass is 318 g/mol. The predicted octanol–water partition coefficient (Wildman–Crippen LogP) is 0.309. The molecule has 3 N–H and O–H groups in total. The van der Waals surface area contributed by atoms with Gasteiger partial charge in [-0.2, -0.15) is 0 Å². The Kier molecular flexibility index (Phi) is 5.70. The van der Waals surface area contributed by atoms with Gasteiger partial charge < -0.3 is 11.1 Å². The number of rotatable bonds is 6. The molecule has 8 heteroatoms. The molecule has 0 saturated heterocycles. The summed E-state index contributed by atoms with van der Waals surface area (Å²) in [5.41, 5.74) is 7.61. The highest BCUT2D eigenvalue weighted by molar-refractivity contribution is 7.92. The smallest absolute Gasteiger partial charge is 0.237 e. The Balaban J connectivity index is 2.53.